The summed E-state index contributed by atoms with van der Waals surface area (Å²) in [4.78, 5) is 1.19. The zero-order chi connectivity index (χ0) is 13.8. The van der Waals surface area contributed by atoms with Gasteiger partial charge < -0.3 is 5.32 Å². The first-order valence-corrected chi connectivity index (χ1v) is 7.21. The predicted octanol–water partition coefficient (Wildman–Crippen LogP) is 4.23. The molecular weight excluding hydrogens is 264 g/mol. The molecule has 0 spiro atoms. The first-order chi connectivity index (χ1) is 9.13. The van der Waals surface area contributed by atoms with Gasteiger partial charge in [-0.05, 0) is 48.5 Å². The Labute approximate surface area is 116 Å². The SMILES string of the molecule is CCNC(Cc1cccc(F)c1F)c1sccc1C. The summed E-state index contributed by atoms with van der Waals surface area (Å²) < 4.78 is 27.0. The molecule has 0 aliphatic carbocycles. The maximum absolute atomic E-state index is 13.7. The standard InChI is InChI=1S/C15H17F2NS/c1-3-18-13(15-10(2)7-8-19-15)9-11-5-4-6-12(16)14(11)17/h4-8,13,18H,3,9H2,1-2H3. The van der Waals surface area contributed by atoms with Gasteiger partial charge in [0.05, 0.1) is 0 Å². The molecule has 1 heterocycles. The van der Waals surface area contributed by atoms with E-state index >= 15 is 0 Å². The number of hydrogen-bond donors (Lipinski definition) is 1. The van der Waals surface area contributed by atoms with E-state index in [1.54, 1.807) is 23.5 Å². The molecule has 0 aliphatic heterocycles. The Balaban J connectivity index is 2.27. The van der Waals surface area contributed by atoms with E-state index < -0.39 is 11.6 Å². The van der Waals surface area contributed by atoms with E-state index in [2.05, 4.69) is 5.32 Å². The number of hydrogen-bond acceptors (Lipinski definition) is 2. The normalized spacial score (nSPS) is 12.6. The second kappa shape index (κ2) is 6.26. The number of rotatable bonds is 5. The number of thiophene rings is 1. The van der Waals surface area contributed by atoms with Gasteiger partial charge in [-0.1, -0.05) is 19.1 Å². The van der Waals surface area contributed by atoms with Crippen molar-refractivity contribution in [2.75, 3.05) is 6.54 Å². The lowest BCUT2D eigenvalue weighted by Gasteiger charge is -2.18. The van der Waals surface area contributed by atoms with Crippen LogP contribution in [0.1, 0.15) is 29.0 Å². The maximum atomic E-state index is 13.7. The van der Waals surface area contributed by atoms with E-state index in [4.69, 9.17) is 0 Å². The van der Waals surface area contributed by atoms with Crippen molar-refractivity contribution in [3.8, 4) is 0 Å². The van der Waals surface area contributed by atoms with Crippen molar-refractivity contribution in [2.45, 2.75) is 26.3 Å². The van der Waals surface area contributed by atoms with E-state index in [1.165, 1.54) is 10.4 Å². The fraction of sp³-hybridized carbons (Fsp3) is 0.333. The Morgan fingerprint density at radius 1 is 1.26 bits per heavy atom. The summed E-state index contributed by atoms with van der Waals surface area (Å²) in [6, 6.07) is 6.43. The molecule has 0 bridgehead atoms. The minimum atomic E-state index is -0.782. The molecule has 0 saturated carbocycles. The average Bonchev–Trinajstić information content (AvgIpc) is 2.80. The van der Waals surface area contributed by atoms with Crippen molar-refractivity contribution in [2.24, 2.45) is 0 Å². The molecule has 1 N–H and O–H groups in total. The first-order valence-electron chi connectivity index (χ1n) is 6.33. The number of halogens is 2. The van der Waals surface area contributed by atoms with Crippen molar-refractivity contribution >= 4 is 11.3 Å². The summed E-state index contributed by atoms with van der Waals surface area (Å²) in [6.45, 7) is 4.84. The van der Waals surface area contributed by atoms with E-state index in [-0.39, 0.29) is 6.04 Å². The van der Waals surface area contributed by atoms with Crippen molar-refractivity contribution < 1.29 is 8.78 Å². The predicted molar refractivity (Wildman–Crippen MR) is 75.5 cm³/mol. The highest BCUT2D eigenvalue weighted by atomic mass is 32.1. The van der Waals surface area contributed by atoms with Crippen molar-refractivity contribution in [3.63, 3.8) is 0 Å². The molecule has 0 fully saturated rings. The monoisotopic (exact) mass is 281 g/mol. The fourth-order valence-corrected chi connectivity index (χ4v) is 3.18. The lowest BCUT2D eigenvalue weighted by Crippen LogP contribution is -2.23. The van der Waals surface area contributed by atoms with Crippen molar-refractivity contribution in [3.05, 3.63) is 57.3 Å². The first kappa shape index (κ1) is 14.2. The summed E-state index contributed by atoms with van der Waals surface area (Å²) in [6.07, 6.45) is 0.457. The van der Waals surface area contributed by atoms with Gasteiger partial charge in [-0.25, -0.2) is 8.78 Å². The summed E-state index contributed by atoms with van der Waals surface area (Å²) in [5, 5.41) is 5.37. The van der Waals surface area contributed by atoms with Gasteiger partial charge in [0.25, 0.3) is 0 Å². The van der Waals surface area contributed by atoms with Gasteiger partial charge in [0, 0.05) is 10.9 Å². The summed E-state index contributed by atoms with van der Waals surface area (Å²) >= 11 is 1.65. The van der Waals surface area contributed by atoms with Crippen LogP contribution in [0.4, 0.5) is 8.78 Å². The number of likely N-dealkylation sites (N-methyl/N-ethyl adjacent to an activating group) is 1. The van der Waals surface area contributed by atoms with Crippen LogP contribution in [0.3, 0.4) is 0 Å². The van der Waals surface area contributed by atoms with E-state index in [0.29, 0.717) is 12.0 Å². The van der Waals surface area contributed by atoms with Crippen LogP contribution in [-0.4, -0.2) is 6.54 Å². The summed E-state index contributed by atoms with van der Waals surface area (Å²) in [5.74, 6) is -1.52. The number of nitrogens with one attached hydrogen (secondary N) is 1. The van der Waals surface area contributed by atoms with Gasteiger partial charge in [-0.2, -0.15) is 0 Å². The van der Waals surface area contributed by atoms with Crippen LogP contribution in [-0.2, 0) is 6.42 Å². The lowest BCUT2D eigenvalue weighted by molar-refractivity contribution is 0.482. The van der Waals surface area contributed by atoms with Gasteiger partial charge >= 0.3 is 0 Å². The Morgan fingerprint density at radius 2 is 2.05 bits per heavy atom. The lowest BCUT2D eigenvalue weighted by atomic mass is 10.0. The van der Waals surface area contributed by atoms with Crippen LogP contribution in [0, 0.1) is 18.6 Å². The number of benzene rings is 1. The molecule has 0 radical (unpaired) electrons. The van der Waals surface area contributed by atoms with Crippen LogP contribution in [0.5, 0.6) is 0 Å². The Hall–Kier alpha value is -1.26. The Morgan fingerprint density at radius 3 is 2.68 bits per heavy atom. The highest BCUT2D eigenvalue weighted by molar-refractivity contribution is 7.10. The summed E-state index contributed by atoms with van der Waals surface area (Å²) in [5.41, 5.74) is 1.60. The number of aryl methyl sites for hydroxylation is 1. The van der Waals surface area contributed by atoms with Crippen LogP contribution in [0.25, 0.3) is 0 Å². The van der Waals surface area contributed by atoms with Crippen LogP contribution < -0.4 is 5.32 Å². The maximum Gasteiger partial charge on any atom is 0.162 e. The highest BCUT2D eigenvalue weighted by Crippen LogP contribution is 2.28. The third-order valence-electron chi connectivity index (χ3n) is 3.12. The fourth-order valence-electron chi connectivity index (χ4n) is 2.17. The molecule has 1 aromatic heterocycles. The highest BCUT2D eigenvalue weighted by Gasteiger charge is 2.18. The third-order valence-corrected chi connectivity index (χ3v) is 4.26. The van der Waals surface area contributed by atoms with Gasteiger partial charge in [0.15, 0.2) is 11.6 Å². The van der Waals surface area contributed by atoms with Crippen molar-refractivity contribution in [1.29, 1.82) is 0 Å². The molecule has 1 nitrogen and oxygen atoms in total. The third kappa shape index (κ3) is 3.19. The van der Waals surface area contributed by atoms with Crippen LogP contribution in [0.2, 0.25) is 0 Å². The molecule has 2 aromatic rings. The second-order valence-electron chi connectivity index (χ2n) is 4.50. The average molecular weight is 281 g/mol. The van der Waals surface area contributed by atoms with Gasteiger partial charge in [-0.15, -0.1) is 11.3 Å². The zero-order valence-electron chi connectivity index (χ0n) is 11.0. The molecule has 4 heteroatoms. The Kier molecular flexibility index (Phi) is 4.66. The second-order valence-corrected chi connectivity index (χ2v) is 5.44. The topological polar surface area (TPSA) is 12.0 Å². The molecule has 19 heavy (non-hydrogen) atoms. The molecular formula is C15H17F2NS. The smallest absolute Gasteiger partial charge is 0.162 e. The quantitative estimate of drug-likeness (QED) is 0.865. The molecule has 1 atom stereocenters. The van der Waals surface area contributed by atoms with Crippen LogP contribution in [0.15, 0.2) is 29.6 Å². The van der Waals surface area contributed by atoms with Gasteiger partial charge in [0.1, 0.15) is 0 Å². The van der Waals surface area contributed by atoms with Gasteiger partial charge in [-0.3, -0.25) is 0 Å². The molecule has 1 aromatic carbocycles. The van der Waals surface area contributed by atoms with E-state index in [1.807, 2.05) is 25.3 Å². The molecule has 0 amide bonds. The molecule has 1 unspecified atom stereocenters. The largest absolute Gasteiger partial charge is 0.309 e. The van der Waals surface area contributed by atoms with Crippen LogP contribution >= 0.6 is 11.3 Å². The zero-order valence-corrected chi connectivity index (χ0v) is 11.9. The van der Waals surface area contributed by atoms with E-state index in [9.17, 15) is 8.78 Å². The van der Waals surface area contributed by atoms with Crippen molar-refractivity contribution in [1.82, 2.24) is 5.32 Å². The molecule has 102 valence electrons. The molecule has 0 aliphatic rings. The minimum absolute atomic E-state index is 0.0290. The minimum Gasteiger partial charge on any atom is -0.309 e. The molecule has 0 saturated heterocycles. The van der Waals surface area contributed by atoms with Gasteiger partial charge in [0.2, 0.25) is 0 Å². The Bertz CT molecular complexity index is 551. The molecule has 2 rings (SSSR count). The summed E-state index contributed by atoms with van der Waals surface area (Å²) in [7, 11) is 0. The van der Waals surface area contributed by atoms with E-state index in [0.717, 1.165) is 12.6 Å².